The number of nitrogens with one attached hydrogen (secondary N) is 1. The van der Waals surface area contributed by atoms with Gasteiger partial charge in [-0.25, -0.2) is 0 Å². The molecule has 0 radical (unpaired) electrons. The molecule has 0 aliphatic heterocycles. The number of aromatic nitrogens is 2. The van der Waals surface area contributed by atoms with E-state index in [4.69, 9.17) is 47.0 Å². The summed E-state index contributed by atoms with van der Waals surface area (Å²) in [7, 11) is 0. The number of aromatic amines is 1. The zero-order chi connectivity index (χ0) is 16.6. The lowest BCUT2D eigenvalue weighted by Crippen LogP contribution is -2.02. The molecule has 1 aromatic heterocycles. The van der Waals surface area contributed by atoms with E-state index in [2.05, 4.69) is 11.9 Å². The van der Waals surface area contributed by atoms with E-state index in [9.17, 15) is 0 Å². The Balaban J connectivity index is 2.28. The van der Waals surface area contributed by atoms with Gasteiger partial charge in [0.2, 0.25) is 0 Å². The minimum Gasteiger partial charge on any atom is -0.330 e. The molecule has 2 nitrogen and oxygen atoms in total. The Morgan fingerprint density at radius 3 is 2.17 bits per heavy atom. The average molecular weight is 384 g/mol. The lowest BCUT2D eigenvalue weighted by atomic mass is 10.1. The standard InChI is InChI=1S/C17H13Cl3N2S/c1-2-14-15(10-6-8-11(18)9-7-10)21-17(23)22(14)16-12(19)4-3-5-13(16)20/h3-9H,2H2,1H3,(H,21,23). The summed E-state index contributed by atoms with van der Waals surface area (Å²) in [6.07, 6.45) is 0.770. The van der Waals surface area contributed by atoms with Gasteiger partial charge in [-0.15, -0.1) is 0 Å². The number of halogens is 3. The van der Waals surface area contributed by atoms with Crippen LogP contribution in [0.4, 0.5) is 0 Å². The molecular formula is C17H13Cl3N2S. The molecule has 0 atom stereocenters. The van der Waals surface area contributed by atoms with Crippen molar-refractivity contribution in [2.75, 3.05) is 0 Å². The van der Waals surface area contributed by atoms with Crippen molar-refractivity contribution in [3.05, 3.63) is 68.0 Å². The molecule has 23 heavy (non-hydrogen) atoms. The van der Waals surface area contributed by atoms with Gasteiger partial charge in [-0.2, -0.15) is 0 Å². The predicted molar refractivity (Wildman–Crippen MR) is 101 cm³/mol. The highest BCUT2D eigenvalue weighted by Gasteiger charge is 2.17. The molecule has 3 aromatic rings. The zero-order valence-corrected chi connectivity index (χ0v) is 15.3. The first kappa shape index (κ1) is 16.6. The highest BCUT2D eigenvalue weighted by molar-refractivity contribution is 7.71. The number of imidazole rings is 1. The smallest absolute Gasteiger partial charge is 0.182 e. The Kier molecular flexibility index (Phi) is 4.83. The van der Waals surface area contributed by atoms with Crippen molar-refractivity contribution in [3.8, 4) is 16.9 Å². The molecule has 0 bridgehead atoms. The van der Waals surface area contributed by atoms with Crippen LogP contribution in [0.1, 0.15) is 12.6 Å². The van der Waals surface area contributed by atoms with E-state index in [1.807, 2.05) is 34.9 Å². The fourth-order valence-electron chi connectivity index (χ4n) is 2.60. The molecule has 0 aliphatic carbocycles. The van der Waals surface area contributed by atoms with Gasteiger partial charge in [-0.05, 0) is 48.5 Å². The summed E-state index contributed by atoms with van der Waals surface area (Å²) in [5.74, 6) is 0. The van der Waals surface area contributed by atoms with Gasteiger partial charge in [0.05, 0.1) is 21.4 Å². The largest absolute Gasteiger partial charge is 0.330 e. The van der Waals surface area contributed by atoms with Crippen LogP contribution in [0.5, 0.6) is 0 Å². The van der Waals surface area contributed by atoms with Crippen LogP contribution in [0, 0.1) is 4.77 Å². The molecule has 6 heteroatoms. The second-order valence-electron chi connectivity index (χ2n) is 5.02. The minimum absolute atomic E-state index is 0.557. The monoisotopic (exact) mass is 382 g/mol. The quantitative estimate of drug-likeness (QED) is 0.497. The Labute approximate surface area is 154 Å². The fraction of sp³-hybridized carbons (Fsp3) is 0.118. The number of nitrogens with zero attached hydrogens (tertiary/aromatic N) is 1. The predicted octanol–water partition coefficient (Wildman–Crippen LogP) is 6.72. The Morgan fingerprint density at radius 2 is 1.61 bits per heavy atom. The molecule has 1 heterocycles. The molecular weight excluding hydrogens is 371 g/mol. The SMILES string of the molecule is CCc1c(-c2ccc(Cl)cc2)[nH]c(=S)n1-c1c(Cl)cccc1Cl. The Hall–Kier alpha value is -1.26. The first-order valence-corrected chi connectivity index (χ1v) is 8.61. The summed E-state index contributed by atoms with van der Waals surface area (Å²) in [6.45, 7) is 2.07. The van der Waals surface area contributed by atoms with Crippen LogP contribution in [0.2, 0.25) is 15.1 Å². The maximum Gasteiger partial charge on any atom is 0.182 e. The fourth-order valence-corrected chi connectivity index (χ4v) is 3.59. The average Bonchev–Trinajstić information content (AvgIpc) is 2.85. The van der Waals surface area contributed by atoms with Crippen molar-refractivity contribution in [2.24, 2.45) is 0 Å². The normalized spacial score (nSPS) is 11.0. The summed E-state index contributed by atoms with van der Waals surface area (Å²) in [4.78, 5) is 3.27. The van der Waals surface area contributed by atoms with Crippen LogP contribution in [0.3, 0.4) is 0 Å². The number of H-pyrrole nitrogens is 1. The van der Waals surface area contributed by atoms with Gasteiger partial charge in [0, 0.05) is 10.7 Å². The van der Waals surface area contributed by atoms with Gasteiger partial charge in [0.15, 0.2) is 4.77 Å². The molecule has 0 saturated carbocycles. The summed E-state index contributed by atoms with van der Waals surface area (Å²) >= 11 is 24.2. The second kappa shape index (κ2) is 6.70. The molecule has 0 aliphatic rings. The van der Waals surface area contributed by atoms with Crippen LogP contribution in [-0.2, 0) is 6.42 Å². The van der Waals surface area contributed by atoms with E-state index in [0.29, 0.717) is 25.5 Å². The van der Waals surface area contributed by atoms with Gasteiger partial charge >= 0.3 is 0 Å². The second-order valence-corrected chi connectivity index (χ2v) is 6.66. The number of para-hydroxylation sites is 1. The summed E-state index contributed by atoms with van der Waals surface area (Å²) in [6, 6.07) is 13.1. The van der Waals surface area contributed by atoms with Gasteiger partial charge in [0.1, 0.15) is 0 Å². The first-order chi connectivity index (χ1) is 11.0. The van der Waals surface area contributed by atoms with E-state index in [1.54, 1.807) is 12.1 Å². The molecule has 0 saturated heterocycles. The van der Waals surface area contributed by atoms with Gasteiger partial charge in [-0.3, -0.25) is 4.57 Å². The minimum atomic E-state index is 0.557. The molecule has 0 fully saturated rings. The molecule has 2 aromatic carbocycles. The third-order valence-electron chi connectivity index (χ3n) is 3.62. The van der Waals surface area contributed by atoms with Crippen molar-refractivity contribution < 1.29 is 0 Å². The van der Waals surface area contributed by atoms with Crippen molar-refractivity contribution in [1.82, 2.24) is 9.55 Å². The van der Waals surface area contributed by atoms with E-state index in [1.165, 1.54) is 0 Å². The Bertz CT molecular complexity index is 890. The molecule has 0 spiro atoms. The molecule has 0 unspecified atom stereocenters. The summed E-state index contributed by atoms with van der Waals surface area (Å²) < 4.78 is 2.46. The zero-order valence-electron chi connectivity index (χ0n) is 12.2. The number of hydrogen-bond donors (Lipinski definition) is 1. The van der Waals surface area contributed by atoms with Crippen molar-refractivity contribution >= 4 is 47.0 Å². The number of benzene rings is 2. The highest BCUT2D eigenvalue weighted by Crippen LogP contribution is 2.33. The lowest BCUT2D eigenvalue weighted by molar-refractivity contribution is 0.923. The molecule has 1 N–H and O–H groups in total. The van der Waals surface area contributed by atoms with Crippen molar-refractivity contribution in [1.29, 1.82) is 0 Å². The molecule has 3 rings (SSSR count). The highest BCUT2D eigenvalue weighted by atomic mass is 35.5. The third-order valence-corrected chi connectivity index (χ3v) is 4.77. The van der Waals surface area contributed by atoms with Gasteiger partial charge in [0.25, 0.3) is 0 Å². The first-order valence-electron chi connectivity index (χ1n) is 7.07. The number of rotatable bonds is 3. The third kappa shape index (κ3) is 3.07. The molecule has 118 valence electrons. The summed E-state index contributed by atoms with van der Waals surface area (Å²) in [5.41, 5.74) is 3.69. The van der Waals surface area contributed by atoms with Crippen molar-refractivity contribution in [2.45, 2.75) is 13.3 Å². The maximum absolute atomic E-state index is 6.36. The van der Waals surface area contributed by atoms with E-state index < -0.39 is 0 Å². The maximum atomic E-state index is 6.36. The van der Waals surface area contributed by atoms with Crippen molar-refractivity contribution in [3.63, 3.8) is 0 Å². The van der Waals surface area contributed by atoms with Crippen LogP contribution < -0.4 is 0 Å². The van der Waals surface area contributed by atoms with Crippen LogP contribution >= 0.6 is 47.0 Å². The number of hydrogen-bond acceptors (Lipinski definition) is 1. The van der Waals surface area contributed by atoms with Gasteiger partial charge in [-0.1, -0.05) is 59.9 Å². The lowest BCUT2D eigenvalue weighted by Gasteiger charge is -2.12. The van der Waals surface area contributed by atoms with Gasteiger partial charge < -0.3 is 4.98 Å². The van der Waals surface area contributed by atoms with E-state index in [0.717, 1.165) is 23.4 Å². The van der Waals surface area contributed by atoms with Crippen LogP contribution in [-0.4, -0.2) is 9.55 Å². The summed E-state index contributed by atoms with van der Waals surface area (Å²) in [5, 5.41) is 1.81. The van der Waals surface area contributed by atoms with Crippen LogP contribution in [0.25, 0.3) is 16.9 Å². The Morgan fingerprint density at radius 1 is 1.00 bits per heavy atom. The topological polar surface area (TPSA) is 20.7 Å². The van der Waals surface area contributed by atoms with E-state index >= 15 is 0 Å². The molecule has 0 amide bonds. The van der Waals surface area contributed by atoms with E-state index in [-0.39, 0.29) is 0 Å². The van der Waals surface area contributed by atoms with Crippen LogP contribution in [0.15, 0.2) is 42.5 Å².